The van der Waals surface area contributed by atoms with Crippen molar-refractivity contribution in [3.8, 4) is 0 Å². The van der Waals surface area contributed by atoms with E-state index in [4.69, 9.17) is 5.41 Å². The molecule has 2 heteroatoms. The molecule has 0 spiro atoms. The van der Waals surface area contributed by atoms with E-state index in [0.717, 1.165) is 6.42 Å². The minimum atomic E-state index is 0.686. The zero-order chi connectivity index (χ0) is 7.56. The summed E-state index contributed by atoms with van der Waals surface area (Å²) < 4.78 is 0. The smallest absolute Gasteiger partial charge is 0.0353 e. The Morgan fingerprint density at radius 2 is 2.10 bits per heavy atom. The number of hydrogen-bond donors (Lipinski definition) is 1. The van der Waals surface area contributed by atoms with Crippen LogP contribution in [-0.4, -0.2) is 24.7 Å². The van der Waals surface area contributed by atoms with Crippen LogP contribution in [0.3, 0.4) is 0 Å². The van der Waals surface area contributed by atoms with Crippen molar-refractivity contribution in [2.75, 3.05) is 14.1 Å². The van der Waals surface area contributed by atoms with Gasteiger partial charge in [0.2, 0.25) is 0 Å². The van der Waals surface area contributed by atoms with Crippen LogP contribution in [0.25, 0.3) is 0 Å². The molecule has 0 aromatic rings. The largest absolute Gasteiger partial charge is 0.378 e. The van der Waals surface area contributed by atoms with Gasteiger partial charge in [0.25, 0.3) is 0 Å². The van der Waals surface area contributed by atoms with E-state index in [1.807, 2.05) is 31.1 Å². The second-order valence-electron chi connectivity index (χ2n) is 2.59. The van der Waals surface area contributed by atoms with Crippen LogP contribution in [0.5, 0.6) is 0 Å². The summed E-state index contributed by atoms with van der Waals surface area (Å²) in [6, 6.07) is 0. The van der Waals surface area contributed by atoms with Gasteiger partial charge < -0.3 is 10.3 Å². The highest BCUT2D eigenvalue weighted by Gasteiger charge is 2.00. The van der Waals surface area contributed by atoms with Crippen molar-refractivity contribution in [3.05, 3.63) is 23.9 Å². The molecule has 2 nitrogen and oxygen atoms in total. The SMILES string of the molecule is CN(C)C1=CCC(=N)C=C1. The van der Waals surface area contributed by atoms with E-state index in [9.17, 15) is 0 Å². The van der Waals surface area contributed by atoms with Gasteiger partial charge in [-0.1, -0.05) is 6.08 Å². The molecule has 0 amide bonds. The summed E-state index contributed by atoms with van der Waals surface area (Å²) >= 11 is 0. The molecule has 0 heterocycles. The summed E-state index contributed by atoms with van der Waals surface area (Å²) in [5.41, 5.74) is 1.88. The van der Waals surface area contributed by atoms with Crippen LogP contribution < -0.4 is 0 Å². The first-order chi connectivity index (χ1) is 4.70. The number of rotatable bonds is 1. The van der Waals surface area contributed by atoms with Gasteiger partial charge in [0, 0.05) is 31.9 Å². The van der Waals surface area contributed by atoms with E-state index in [-0.39, 0.29) is 0 Å². The molecular formula is C8H12N2. The van der Waals surface area contributed by atoms with Gasteiger partial charge in [-0.05, 0) is 12.2 Å². The van der Waals surface area contributed by atoms with Crippen molar-refractivity contribution in [2.24, 2.45) is 0 Å². The van der Waals surface area contributed by atoms with Gasteiger partial charge in [-0.2, -0.15) is 0 Å². The summed E-state index contributed by atoms with van der Waals surface area (Å²) in [4.78, 5) is 2.04. The van der Waals surface area contributed by atoms with Crippen molar-refractivity contribution in [3.63, 3.8) is 0 Å². The standard InChI is InChI=1S/C8H12N2/c1-10(2)8-5-3-7(9)4-6-8/h3,5-6,9H,4H2,1-2H3. The summed E-state index contributed by atoms with van der Waals surface area (Å²) in [7, 11) is 4.01. The fourth-order valence-corrected chi connectivity index (χ4v) is 0.868. The van der Waals surface area contributed by atoms with Crippen LogP contribution in [0.1, 0.15) is 6.42 Å². The third-order valence-electron chi connectivity index (χ3n) is 1.50. The number of nitrogens with one attached hydrogen (secondary N) is 1. The van der Waals surface area contributed by atoms with Gasteiger partial charge in [0.05, 0.1) is 0 Å². The Hall–Kier alpha value is -1.05. The second kappa shape index (κ2) is 2.69. The van der Waals surface area contributed by atoms with Crippen molar-refractivity contribution in [1.82, 2.24) is 4.90 Å². The number of likely N-dealkylation sites (N-methyl/N-ethyl adjacent to an activating group) is 1. The fraction of sp³-hybridized carbons (Fsp3) is 0.375. The minimum absolute atomic E-state index is 0.686. The van der Waals surface area contributed by atoms with Gasteiger partial charge in [0.15, 0.2) is 0 Å². The van der Waals surface area contributed by atoms with E-state index in [1.165, 1.54) is 5.70 Å². The lowest BCUT2D eigenvalue weighted by Gasteiger charge is -2.15. The highest BCUT2D eigenvalue weighted by Crippen LogP contribution is 2.08. The molecule has 0 fully saturated rings. The summed E-state index contributed by atoms with van der Waals surface area (Å²) in [5.74, 6) is 0. The molecule has 1 rings (SSSR count). The molecule has 0 bridgehead atoms. The lowest BCUT2D eigenvalue weighted by molar-refractivity contribution is 0.527. The number of nitrogens with zero attached hydrogens (tertiary/aromatic N) is 1. The van der Waals surface area contributed by atoms with Crippen molar-refractivity contribution >= 4 is 5.71 Å². The maximum atomic E-state index is 7.27. The third kappa shape index (κ3) is 1.47. The topological polar surface area (TPSA) is 27.1 Å². The van der Waals surface area contributed by atoms with Crippen LogP contribution in [0.2, 0.25) is 0 Å². The average Bonchev–Trinajstić information content (AvgIpc) is 1.88. The minimum Gasteiger partial charge on any atom is -0.378 e. The molecule has 54 valence electrons. The second-order valence-corrected chi connectivity index (χ2v) is 2.59. The van der Waals surface area contributed by atoms with Gasteiger partial charge in [-0.15, -0.1) is 0 Å². The van der Waals surface area contributed by atoms with Crippen LogP contribution in [-0.2, 0) is 0 Å². The molecule has 0 aliphatic heterocycles. The van der Waals surface area contributed by atoms with Crippen LogP contribution in [0, 0.1) is 5.41 Å². The molecule has 0 radical (unpaired) electrons. The quantitative estimate of drug-likeness (QED) is 0.579. The number of hydrogen-bond acceptors (Lipinski definition) is 2. The highest BCUT2D eigenvalue weighted by atomic mass is 15.1. The third-order valence-corrected chi connectivity index (χ3v) is 1.50. The summed E-state index contributed by atoms with van der Waals surface area (Å²) in [6.45, 7) is 0. The zero-order valence-corrected chi connectivity index (χ0v) is 6.39. The fourth-order valence-electron chi connectivity index (χ4n) is 0.868. The molecular weight excluding hydrogens is 124 g/mol. The molecule has 0 saturated heterocycles. The Labute approximate surface area is 61.4 Å². The van der Waals surface area contributed by atoms with Gasteiger partial charge in [-0.3, -0.25) is 0 Å². The Morgan fingerprint density at radius 1 is 1.40 bits per heavy atom. The predicted molar refractivity (Wildman–Crippen MR) is 43.3 cm³/mol. The lowest BCUT2D eigenvalue weighted by Crippen LogP contribution is -2.12. The van der Waals surface area contributed by atoms with Gasteiger partial charge in [0.1, 0.15) is 0 Å². The maximum Gasteiger partial charge on any atom is 0.0353 e. The maximum absolute atomic E-state index is 7.27. The van der Waals surface area contributed by atoms with E-state index >= 15 is 0 Å². The Bertz CT molecular complexity index is 199. The van der Waals surface area contributed by atoms with Crippen molar-refractivity contribution in [2.45, 2.75) is 6.42 Å². The average molecular weight is 136 g/mol. The monoisotopic (exact) mass is 136 g/mol. The van der Waals surface area contributed by atoms with Gasteiger partial charge in [-0.25, -0.2) is 0 Å². The molecule has 1 aliphatic rings. The van der Waals surface area contributed by atoms with E-state index in [0.29, 0.717) is 5.71 Å². The molecule has 0 aromatic heterocycles. The molecule has 0 saturated carbocycles. The van der Waals surface area contributed by atoms with E-state index < -0.39 is 0 Å². The Morgan fingerprint density at radius 3 is 2.50 bits per heavy atom. The summed E-state index contributed by atoms with van der Waals surface area (Å²) in [5, 5.41) is 7.27. The normalized spacial score (nSPS) is 17.0. The highest BCUT2D eigenvalue weighted by molar-refractivity contribution is 5.94. The first-order valence-electron chi connectivity index (χ1n) is 3.33. The predicted octanol–water partition coefficient (Wildman–Crippen LogP) is 1.41. The van der Waals surface area contributed by atoms with Crippen LogP contribution >= 0.6 is 0 Å². The first kappa shape index (κ1) is 7.06. The molecule has 10 heavy (non-hydrogen) atoms. The van der Waals surface area contributed by atoms with Crippen LogP contribution in [0.15, 0.2) is 23.9 Å². The van der Waals surface area contributed by atoms with Crippen LogP contribution in [0.4, 0.5) is 0 Å². The Kier molecular flexibility index (Phi) is 1.90. The molecule has 1 N–H and O–H groups in total. The van der Waals surface area contributed by atoms with Crippen molar-refractivity contribution in [1.29, 1.82) is 5.41 Å². The number of allylic oxidation sites excluding steroid dienone is 3. The first-order valence-corrected chi connectivity index (χ1v) is 3.33. The zero-order valence-electron chi connectivity index (χ0n) is 6.39. The molecule has 0 atom stereocenters. The molecule has 0 unspecified atom stereocenters. The van der Waals surface area contributed by atoms with Gasteiger partial charge >= 0.3 is 0 Å². The lowest BCUT2D eigenvalue weighted by atomic mass is 10.1. The molecule has 0 aromatic carbocycles. The molecule has 1 aliphatic carbocycles. The van der Waals surface area contributed by atoms with E-state index in [2.05, 4.69) is 6.08 Å². The Balaban J connectivity index is 2.67. The van der Waals surface area contributed by atoms with Crippen molar-refractivity contribution < 1.29 is 0 Å². The van der Waals surface area contributed by atoms with E-state index in [1.54, 1.807) is 0 Å². The summed E-state index contributed by atoms with van der Waals surface area (Å²) in [6.07, 6.45) is 6.63.